The number of hydrogen-bond donors (Lipinski definition) is 2. The van der Waals surface area contributed by atoms with Crippen molar-refractivity contribution >= 4 is 17.5 Å². The predicted octanol–water partition coefficient (Wildman–Crippen LogP) is 1.15. The minimum atomic E-state index is 0.568. The molecular formula is C9H13ClN4. The molecule has 0 bridgehead atoms. The molecule has 5 heteroatoms. The van der Waals surface area contributed by atoms with Gasteiger partial charge in [0.2, 0.25) is 5.95 Å². The molecule has 2 heterocycles. The van der Waals surface area contributed by atoms with Crippen LogP contribution in [0.5, 0.6) is 0 Å². The molecule has 1 aromatic heterocycles. The first-order valence-corrected chi connectivity index (χ1v) is 5.14. The second-order valence-corrected chi connectivity index (χ2v) is 3.90. The molecule has 1 fully saturated rings. The van der Waals surface area contributed by atoms with E-state index in [9.17, 15) is 0 Å². The average Bonchev–Trinajstić information content (AvgIpc) is 2.70. The molecule has 76 valence electrons. The summed E-state index contributed by atoms with van der Waals surface area (Å²) in [4.78, 5) is 8.13. The van der Waals surface area contributed by atoms with Crippen LogP contribution in [0.25, 0.3) is 0 Å². The number of rotatable bonds is 3. The first-order chi connectivity index (χ1) is 6.84. The summed E-state index contributed by atoms with van der Waals surface area (Å²) in [5.41, 5.74) is 0. The second kappa shape index (κ2) is 4.57. The maximum Gasteiger partial charge on any atom is 0.222 e. The summed E-state index contributed by atoms with van der Waals surface area (Å²) in [6.07, 6.45) is 4.42. The lowest BCUT2D eigenvalue weighted by Crippen LogP contribution is -2.18. The van der Waals surface area contributed by atoms with E-state index in [4.69, 9.17) is 11.6 Å². The van der Waals surface area contributed by atoms with E-state index < -0.39 is 0 Å². The van der Waals surface area contributed by atoms with E-state index in [0.29, 0.717) is 16.9 Å². The van der Waals surface area contributed by atoms with Crippen LogP contribution in [0.1, 0.15) is 6.42 Å². The Kier molecular flexibility index (Phi) is 3.16. The zero-order valence-electron chi connectivity index (χ0n) is 7.83. The smallest absolute Gasteiger partial charge is 0.222 e. The van der Waals surface area contributed by atoms with Gasteiger partial charge in [0.15, 0.2) is 0 Å². The van der Waals surface area contributed by atoms with Gasteiger partial charge in [0.1, 0.15) is 0 Å². The highest BCUT2D eigenvalue weighted by Crippen LogP contribution is 2.09. The van der Waals surface area contributed by atoms with Crippen molar-refractivity contribution in [3.05, 3.63) is 17.4 Å². The molecule has 1 atom stereocenters. The van der Waals surface area contributed by atoms with Gasteiger partial charge in [-0.15, -0.1) is 0 Å². The van der Waals surface area contributed by atoms with E-state index in [1.165, 1.54) is 6.42 Å². The van der Waals surface area contributed by atoms with E-state index in [2.05, 4.69) is 20.6 Å². The van der Waals surface area contributed by atoms with Gasteiger partial charge in [-0.3, -0.25) is 0 Å². The fraction of sp³-hybridized carbons (Fsp3) is 0.556. The number of halogens is 1. The van der Waals surface area contributed by atoms with Crippen LogP contribution in [0.4, 0.5) is 5.95 Å². The van der Waals surface area contributed by atoms with Crippen LogP contribution in [0.3, 0.4) is 0 Å². The van der Waals surface area contributed by atoms with Crippen LogP contribution in [0, 0.1) is 5.92 Å². The zero-order chi connectivity index (χ0) is 9.80. The van der Waals surface area contributed by atoms with Crippen molar-refractivity contribution in [1.29, 1.82) is 0 Å². The van der Waals surface area contributed by atoms with E-state index in [-0.39, 0.29) is 0 Å². The van der Waals surface area contributed by atoms with E-state index in [1.54, 1.807) is 12.4 Å². The molecule has 1 saturated heterocycles. The topological polar surface area (TPSA) is 49.8 Å². The molecular weight excluding hydrogens is 200 g/mol. The lowest BCUT2D eigenvalue weighted by atomic mass is 10.1. The van der Waals surface area contributed by atoms with Crippen molar-refractivity contribution in [3.63, 3.8) is 0 Å². The van der Waals surface area contributed by atoms with Gasteiger partial charge >= 0.3 is 0 Å². The van der Waals surface area contributed by atoms with Gasteiger partial charge in [-0.05, 0) is 25.4 Å². The maximum absolute atomic E-state index is 5.68. The third-order valence-corrected chi connectivity index (χ3v) is 2.53. The SMILES string of the molecule is Clc1cnc(NC[C@H]2CCNC2)nc1. The molecule has 0 unspecified atom stereocenters. The quantitative estimate of drug-likeness (QED) is 0.790. The van der Waals surface area contributed by atoms with Gasteiger partial charge in [0.05, 0.1) is 17.4 Å². The Bertz CT molecular complexity index is 281. The van der Waals surface area contributed by atoms with E-state index >= 15 is 0 Å². The number of nitrogens with zero attached hydrogens (tertiary/aromatic N) is 2. The number of aromatic nitrogens is 2. The van der Waals surface area contributed by atoms with Crippen molar-refractivity contribution in [2.45, 2.75) is 6.42 Å². The largest absolute Gasteiger partial charge is 0.354 e. The second-order valence-electron chi connectivity index (χ2n) is 3.46. The molecule has 1 aliphatic heterocycles. The summed E-state index contributed by atoms with van der Waals surface area (Å²) >= 11 is 5.68. The van der Waals surface area contributed by atoms with E-state index in [1.807, 2.05) is 0 Å². The Morgan fingerprint density at radius 2 is 2.29 bits per heavy atom. The summed E-state index contributed by atoms with van der Waals surface area (Å²) < 4.78 is 0. The summed E-state index contributed by atoms with van der Waals surface area (Å²) in [6.45, 7) is 3.13. The lowest BCUT2D eigenvalue weighted by molar-refractivity contribution is 0.613. The highest BCUT2D eigenvalue weighted by Gasteiger charge is 2.13. The summed E-state index contributed by atoms with van der Waals surface area (Å²) in [7, 11) is 0. The van der Waals surface area contributed by atoms with Crippen LogP contribution in [-0.4, -0.2) is 29.6 Å². The molecule has 0 aliphatic carbocycles. The van der Waals surface area contributed by atoms with Gasteiger partial charge in [0, 0.05) is 6.54 Å². The van der Waals surface area contributed by atoms with Gasteiger partial charge in [0.25, 0.3) is 0 Å². The van der Waals surface area contributed by atoms with Crippen molar-refractivity contribution < 1.29 is 0 Å². The molecule has 0 amide bonds. The molecule has 0 aromatic carbocycles. The summed E-state index contributed by atoms with van der Waals surface area (Å²) in [5, 5.41) is 7.08. The summed E-state index contributed by atoms with van der Waals surface area (Å²) in [5.74, 6) is 1.34. The highest BCUT2D eigenvalue weighted by molar-refractivity contribution is 6.30. The minimum absolute atomic E-state index is 0.568. The third-order valence-electron chi connectivity index (χ3n) is 2.33. The van der Waals surface area contributed by atoms with Crippen molar-refractivity contribution in [3.8, 4) is 0 Å². The normalized spacial score (nSPS) is 21.1. The molecule has 0 radical (unpaired) electrons. The van der Waals surface area contributed by atoms with Crippen LogP contribution in [0.2, 0.25) is 5.02 Å². The number of anilines is 1. The molecule has 1 aromatic rings. The molecule has 14 heavy (non-hydrogen) atoms. The van der Waals surface area contributed by atoms with Crippen LogP contribution >= 0.6 is 11.6 Å². The van der Waals surface area contributed by atoms with Crippen LogP contribution in [-0.2, 0) is 0 Å². The minimum Gasteiger partial charge on any atom is -0.354 e. The standard InChI is InChI=1S/C9H13ClN4/c10-8-5-13-9(14-6-8)12-4-7-1-2-11-3-7/h5-7,11H,1-4H2,(H,12,13,14)/t7-/m0/s1. The fourth-order valence-electron chi connectivity index (χ4n) is 1.53. The third kappa shape index (κ3) is 2.56. The molecule has 2 rings (SSSR count). The van der Waals surface area contributed by atoms with E-state index in [0.717, 1.165) is 19.6 Å². The van der Waals surface area contributed by atoms with Gasteiger partial charge in [-0.1, -0.05) is 11.6 Å². The van der Waals surface area contributed by atoms with Crippen LogP contribution < -0.4 is 10.6 Å². The fourth-order valence-corrected chi connectivity index (χ4v) is 1.63. The Labute approximate surface area is 88.1 Å². The van der Waals surface area contributed by atoms with Crippen molar-refractivity contribution in [2.75, 3.05) is 25.0 Å². The number of hydrogen-bond acceptors (Lipinski definition) is 4. The lowest BCUT2D eigenvalue weighted by Gasteiger charge is -2.09. The summed E-state index contributed by atoms with van der Waals surface area (Å²) in [6, 6.07) is 0. The Morgan fingerprint density at radius 3 is 2.93 bits per heavy atom. The predicted molar refractivity (Wildman–Crippen MR) is 56.5 cm³/mol. The Hall–Kier alpha value is -0.870. The molecule has 4 nitrogen and oxygen atoms in total. The monoisotopic (exact) mass is 212 g/mol. The Morgan fingerprint density at radius 1 is 1.50 bits per heavy atom. The molecule has 0 saturated carbocycles. The average molecular weight is 213 g/mol. The van der Waals surface area contributed by atoms with Crippen molar-refractivity contribution in [2.24, 2.45) is 5.92 Å². The molecule has 1 aliphatic rings. The van der Waals surface area contributed by atoms with Crippen molar-refractivity contribution in [1.82, 2.24) is 15.3 Å². The number of nitrogens with one attached hydrogen (secondary N) is 2. The first-order valence-electron chi connectivity index (χ1n) is 4.77. The molecule has 2 N–H and O–H groups in total. The maximum atomic E-state index is 5.68. The highest BCUT2D eigenvalue weighted by atomic mass is 35.5. The van der Waals surface area contributed by atoms with Gasteiger partial charge in [-0.2, -0.15) is 0 Å². The van der Waals surface area contributed by atoms with Crippen LogP contribution in [0.15, 0.2) is 12.4 Å². The zero-order valence-corrected chi connectivity index (χ0v) is 8.59. The Balaban J connectivity index is 1.82. The van der Waals surface area contributed by atoms with Gasteiger partial charge in [-0.25, -0.2) is 9.97 Å². The molecule has 0 spiro atoms. The first kappa shape index (κ1) is 9.68. The van der Waals surface area contributed by atoms with Gasteiger partial charge < -0.3 is 10.6 Å².